The molecule has 0 heterocycles. The number of carbonyl (C=O) groups is 1. The third-order valence-corrected chi connectivity index (χ3v) is 1.58. The van der Waals surface area contributed by atoms with E-state index in [9.17, 15) is 4.79 Å². The summed E-state index contributed by atoms with van der Waals surface area (Å²) >= 11 is 3.89. The summed E-state index contributed by atoms with van der Waals surface area (Å²) in [7, 11) is 1.48. The van der Waals surface area contributed by atoms with Crippen LogP contribution in [0.4, 0.5) is 0 Å². The molecule has 1 nitrogen and oxygen atoms in total. The normalized spacial score (nSPS) is 8.71. The van der Waals surface area contributed by atoms with E-state index in [0.717, 1.165) is 18.5 Å². The van der Waals surface area contributed by atoms with Crippen LogP contribution >= 0.6 is 22.5 Å². The van der Waals surface area contributed by atoms with Gasteiger partial charge in [-0.05, 0) is 6.42 Å². The van der Waals surface area contributed by atoms with E-state index in [1.165, 1.54) is 10.8 Å². The summed E-state index contributed by atoms with van der Waals surface area (Å²) in [6.07, 6.45) is 2.56. The van der Waals surface area contributed by atoms with Gasteiger partial charge in [-0.2, -0.15) is 0 Å². The fourth-order valence-corrected chi connectivity index (χ4v) is 0.914. The van der Waals surface area contributed by atoms with Crippen molar-refractivity contribution in [1.82, 2.24) is 0 Å². The van der Waals surface area contributed by atoms with Gasteiger partial charge in [-0.1, -0.05) is 10.8 Å². The molecule has 0 aliphatic heterocycles. The van der Waals surface area contributed by atoms with Crippen LogP contribution in [0, 0.1) is 0 Å². The SMILES string of the molecule is O=CCCCSS. The predicted octanol–water partition coefficient (Wildman–Crippen LogP) is 1.54. The Hall–Kier alpha value is 0.370. The Morgan fingerprint density at radius 2 is 2.43 bits per heavy atom. The molecule has 0 atom stereocenters. The van der Waals surface area contributed by atoms with E-state index < -0.39 is 0 Å². The van der Waals surface area contributed by atoms with E-state index in [2.05, 4.69) is 11.7 Å². The number of hydrogen-bond donors (Lipinski definition) is 1. The van der Waals surface area contributed by atoms with Gasteiger partial charge in [0.1, 0.15) is 6.29 Å². The van der Waals surface area contributed by atoms with Gasteiger partial charge in [-0.25, -0.2) is 0 Å². The molecule has 0 spiro atoms. The first-order valence-electron chi connectivity index (χ1n) is 2.12. The zero-order valence-corrected chi connectivity index (χ0v) is 5.67. The van der Waals surface area contributed by atoms with Gasteiger partial charge in [0.15, 0.2) is 0 Å². The van der Waals surface area contributed by atoms with Crippen LogP contribution in [-0.2, 0) is 4.79 Å². The molecular weight excluding hydrogens is 128 g/mol. The Labute approximate surface area is 52.7 Å². The third kappa shape index (κ3) is 6.37. The minimum Gasteiger partial charge on any atom is -0.303 e. The van der Waals surface area contributed by atoms with Gasteiger partial charge < -0.3 is 4.79 Å². The average molecular weight is 136 g/mol. The molecular formula is C4H8OS2. The molecule has 0 unspecified atom stereocenters. The number of unbranched alkanes of at least 4 members (excludes halogenated alkanes) is 1. The summed E-state index contributed by atoms with van der Waals surface area (Å²) in [6, 6.07) is 0. The molecule has 0 amide bonds. The molecule has 0 radical (unpaired) electrons. The van der Waals surface area contributed by atoms with Gasteiger partial charge in [0.25, 0.3) is 0 Å². The molecule has 0 aromatic rings. The third-order valence-electron chi connectivity index (χ3n) is 0.558. The highest BCUT2D eigenvalue weighted by molar-refractivity contribution is 8.68. The highest BCUT2D eigenvalue weighted by Crippen LogP contribution is 2.06. The molecule has 0 aliphatic carbocycles. The van der Waals surface area contributed by atoms with Crippen molar-refractivity contribution in [1.29, 1.82) is 0 Å². The van der Waals surface area contributed by atoms with Crippen molar-refractivity contribution >= 4 is 28.7 Å². The van der Waals surface area contributed by atoms with E-state index >= 15 is 0 Å². The minimum absolute atomic E-state index is 0.674. The summed E-state index contributed by atoms with van der Waals surface area (Å²) in [5, 5.41) is 0. The van der Waals surface area contributed by atoms with Crippen LogP contribution < -0.4 is 0 Å². The van der Waals surface area contributed by atoms with Crippen molar-refractivity contribution in [3.05, 3.63) is 0 Å². The quantitative estimate of drug-likeness (QED) is 0.273. The van der Waals surface area contributed by atoms with Crippen molar-refractivity contribution < 1.29 is 4.79 Å². The van der Waals surface area contributed by atoms with Crippen LogP contribution in [0.2, 0.25) is 0 Å². The maximum absolute atomic E-state index is 9.65. The Bertz CT molecular complexity index is 47.0. The summed E-state index contributed by atoms with van der Waals surface area (Å²) in [5.74, 6) is 0.974. The number of aldehydes is 1. The van der Waals surface area contributed by atoms with Crippen molar-refractivity contribution in [3.63, 3.8) is 0 Å². The standard InChI is InChI=1S/C4H8OS2/c5-3-1-2-4-7-6/h3,6H,1-2,4H2. The predicted molar refractivity (Wildman–Crippen MR) is 36.7 cm³/mol. The van der Waals surface area contributed by atoms with Gasteiger partial charge in [-0.3, -0.25) is 0 Å². The molecule has 42 valence electrons. The monoisotopic (exact) mass is 136 g/mol. The summed E-state index contributed by atoms with van der Waals surface area (Å²) in [5.41, 5.74) is 0. The summed E-state index contributed by atoms with van der Waals surface area (Å²) in [4.78, 5) is 9.65. The van der Waals surface area contributed by atoms with Crippen molar-refractivity contribution in [2.45, 2.75) is 12.8 Å². The van der Waals surface area contributed by atoms with E-state index in [1.54, 1.807) is 0 Å². The average Bonchev–Trinajstić information content (AvgIpc) is 1.69. The van der Waals surface area contributed by atoms with Gasteiger partial charge in [0, 0.05) is 12.2 Å². The van der Waals surface area contributed by atoms with E-state index in [-0.39, 0.29) is 0 Å². The van der Waals surface area contributed by atoms with Gasteiger partial charge in [0.05, 0.1) is 0 Å². The maximum atomic E-state index is 9.65. The zero-order valence-electron chi connectivity index (χ0n) is 3.96. The van der Waals surface area contributed by atoms with Gasteiger partial charge in [-0.15, -0.1) is 11.7 Å². The van der Waals surface area contributed by atoms with Crippen LogP contribution in [-0.4, -0.2) is 12.0 Å². The highest BCUT2D eigenvalue weighted by Gasteiger charge is 1.80. The maximum Gasteiger partial charge on any atom is 0.120 e. The molecule has 0 aromatic carbocycles. The second-order valence-corrected chi connectivity index (χ2v) is 2.58. The topological polar surface area (TPSA) is 17.1 Å². The second-order valence-electron chi connectivity index (χ2n) is 1.14. The van der Waals surface area contributed by atoms with Crippen molar-refractivity contribution in [2.75, 3.05) is 5.75 Å². The molecule has 0 rings (SSSR count). The molecule has 0 saturated heterocycles. The first kappa shape index (κ1) is 7.37. The highest BCUT2D eigenvalue weighted by atomic mass is 33.1. The first-order chi connectivity index (χ1) is 3.41. The van der Waals surface area contributed by atoms with Crippen molar-refractivity contribution in [3.8, 4) is 0 Å². The minimum atomic E-state index is 0.674. The summed E-state index contributed by atoms with van der Waals surface area (Å²) in [6.45, 7) is 0. The second kappa shape index (κ2) is 6.37. The molecule has 3 heteroatoms. The lowest BCUT2D eigenvalue weighted by molar-refractivity contribution is -0.107. The lowest BCUT2D eigenvalue weighted by Crippen LogP contribution is -1.76. The molecule has 0 saturated carbocycles. The van der Waals surface area contributed by atoms with Crippen LogP contribution in [0.1, 0.15) is 12.8 Å². The largest absolute Gasteiger partial charge is 0.303 e. The zero-order chi connectivity index (χ0) is 5.54. The van der Waals surface area contributed by atoms with Crippen LogP contribution in [0.3, 0.4) is 0 Å². The Morgan fingerprint density at radius 1 is 1.71 bits per heavy atom. The molecule has 7 heavy (non-hydrogen) atoms. The lowest BCUT2D eigenvalue weighted by Gasteiger charge is -1.85. The number of carbonyl (C=O) groups excluding carboxylic acids is 1. The van der Waals surface area contributed by atoms with Crippen LogP contribution in [0.5, 0.6) is 0 Å². The number of thiol groups is 1. The van der Waals surface area contributed by atoms with Crippen LogP contribution in [0.25, 0.3) is 0 Å². The fraction of sp³-hybridized carbons (Fsp3) is 0.750. The van der Waals surface area contributed by atoms with E-state index in [0.29, 0.717) is 6.42 Å². The van der Waals surface area contributed by atoms with E-state index in [4.69, 9.17) is 0 Å². The van der Waals surface area contributed by atoms with Crippen molar-refractivity contribution in [2.24, 2.45) is 0 Å². The molecule has 0 bridgehead atoms. The Morgan fingerprint density at radius 3 is 2.86 bits per heavy atom. The lowest BCUT2D eigenvalue weighted by atomic mass is 10.4. The smallest absolute Gasteiger partial charge is 0.120 e. The number of hydrogen-bond acceptors (Lipinski definition) is 3. The fourth-order valence-electron chi connectivity index (χ4n) is 0.231. The summed E-state index contributed by atoms with van der Waals surface area (Å²) < 4.78 is 0. The first-order valence-corrected chi connectivity index (χ1v) is 4.15. The number of rotatable bonds is 4. The Balaban J connectivity index is 2.56. The molecule has 0 N–H and O–H groups in total. The van der Waals surface area contributed by atoms with Gasteiger partial charge in [0.2, 0.25) is 0 Å². The molecule has 0 aliphatic rings. The molecule has 0 fully saturated rings. The molecule has 0 aromatic heterocycles. The van der Waals surface area contributed by atoms with E-state index in [1.807, 2.05) is 0 Å². The van der Waals surface area contributed by atoms with Gasteiger partial charge >= 0.3 is 0 Å². The Kier molecular flexibility index (Phi) is 6.71. The van der Waals surface area contributed by atoms with Crippen LogP contribution in [0.15, 0.2) is 0 Å².